The molecule has 0 amide bonds. The molecule has 1 heterocycles. The number of esters is 1. The molecule has 0 spiro atoms. The van der Waals surface area contributed by atoms with Crippen molar-refractivity contribution in [1.82, 2.24) is 4.98 Å². The lowest BCUT2D eigenvalue weighted by molar-refractivity contribution is 0.0522. The molecule has 0 fully saturated rings. The molecule has 2 N–H and O–H groups in total. The molecule has 0 radical (unpaired) electrons. The molecular weight excluding hydrogens is 272 g/mol. The van der Waals surface area contributed by atoms with Gasteiger partial charge in [-0.3, -0.25) is 0 Å². The first-order valence-corrected chi connectivity index (χ1v) is 6.39. The van der Waals surface area contributed by atoms with Crippen LogP contribution >= 0.6 is 0 Å². The molecule has 2 aromatic rings. The van der Waals surface area contributed by atoms with Crippen molar-refractivity contribution in [2.45, 2.75) is 6.92 Å². The maximum Gasteiger partial charge on any atom is 0.343 e. The number of pyridine rings is 1. The molecule has 0 saturated carbocycles. The standard InChI is InChI=1S/C15H16N2O4/c1-3-20-15(18)11-5-4-8-17-14(11)21-13-9-10(16)6-7-12(13)19-2/h4-9H,3,16H2,1-2H3. The van der Waals surface area contributed by atoms with E-state index in [1.54, 1.807) is 37.3 Å². The Bertz CT molecular complexity index is 643. The summed E-state index contributed by atoms with van der Waals surface area (Å²) in [6, 6.07) is 8.19. The number of anilines is 1. The third kappa shape index (κ3) is 3.42. The minimum absolute atomic E-state index is 0.139. The number of nitrogens with zero attached hydrogens (tertiary/aromatic N) is 1. The lowest BCUT2D eigenvalue weighted by Gasteiger charge is -2.12. The van der Waals surface area contributed by atoms with Crippen molar-refractivity contribution in [1.29, 1.82) is 0 Å². The molecular formula is C15H16N2O4. The van der Waals surface area contributed by atoms with Crippen LogP contribution in [0.3, 0.4) is 0 Å². The van der Waals surface area contributed by atoms with E-state index in [0.29, 0.717) is 17.2 Å². The second-order valence-electron chi connectivity index (χ2n) is 4.09. The van der Waals surface area contributed by atoms with Gasteiger partial charge in [-0.05, 0) is 31.2 Å². The van der Waals surface area contributed by atoms with Crippen LogP contribution in [0.2, 0.25) is 0 Å². The second kappa shape index (κ2) is 6.60. The molecule has 1 aromatic heterocycles. The lowest BCUT2D eigenvalue weighted by atomic mass is 10.2. The zero-order chi connectivity index (χ0) is 15.2. The predicted molar refractivity (Wildman–Crippen MR) is 77.7 cm³/mol. The van der Waals surface area contributed by atoms with Crippen molar-refractivity contribution in [3.05, 3.63) is 42.1 Å². The van der Waals surface area contributed by atoms with Gasteiger partial charge in [-0.15, -0.1) is 0 Å². The summed E-state index contributed by atoms with van der Waals surface area (Å²) < 4.78 is 15.8. The third-order valence-electron chi connectivity index (χ3n) is 2.66. The van der Waals surface area contributed by atoms with Crippen molar-refractivity contribution in [2.24, 2.45) is 0 Å². The van der Waals surface area contributed by atoms with Gasteiger partial charge < -0.3 is 19.9 Å². The number of benzene rings is 1. The van der Waals surface area contributed by atoms with E-state index in [1.165, 1.54) is 13.3 Å². The summed E-state index contributed by atoms with van der Waals surface area (Å²) in [4.78, 5) is 15.9. The Morgan fingerprint density at radius 2 is 2.10 bits per heavy atom. The van der Waals surface area contributed by atoms with E-state index < -0.39 is 5.97 Å². The van der Waals surface area contributed by atoms with Gasteiger partial charge in [0.2, 0.25) is 5.88 Å². The first kappa shape index (κ1) is 14.6. The predicted octanol–water partition coefficient (Wildman–Crippen LogP) is 2.64. The van der Waals surface area contributed by atoms with Crippen LogP contribution < -0.4 is 15.2 Å². The molecule has 0 aliphatic carbocycles. The Morgan fingerprint density at radius 3 is 2.81 bits per heavy atom. The molecule has 2 rings (SSSR count). The number of nitrogen functional groups attached to an aromatic ring is 1. The fourth-order valence-electron chi connectivity index (χ4n) is 1.71. The summed E-state index contributed by atoms with van der Waals surface area (Å²) in [6.45, 7) is 2.00. The van der Waals surface area contributed by atoms with E-state index in [1.807, 2.05) is 0 Å². The maximum absolute atomic E-state index is 11.9. The van der Waals surface area contributed by atoms with Crippen LogP contribution in [-0.2, 0) is 4.74 Å². The highest BCUT2D eigenvalue weighted by molar-refractivity contribution is 5.91. The van der Waals surface area contributed by atoms with E-state index in [9.17, 15) is 4.79 Å². The smallest absolute Gasteiger partial charge is 0.343 e. The van der Waals surface area contributed by atoms with E-state index in [0.717, 1.165) is 0 Å². The molecule has 0 saturated heterocycles. The summed E-state index contributed by atoms with van der Waals surface area (Å²) >= 11 is 0. The highest BCUT2D eigenvalue weighted by atomic mass is 16.5. The van der Waals surface area contributed by atoms with Crippen LogP contribution in [0, 0.1) is 0 Å². The molecule has 1 aromatic carbocycles. The highest BCUT2D eigenvalue weighted by Crippen LogP contribution is 2.33. The molecule has 21 heavy (non-hydrogen) atoms. The number of carbonyl (C=O) groups excluding carboxylic acids is 1. The van der Waals surface area contributed by atoms with Gasteiger partial charge in [-0.25, -0.2) is 9.78 Å². The SMILES string of the molecule is CCOC(=O)c1cccnc1Oc1cc(N)ccc1OC. The number of nitrogens with two attached hydrogens (primary N) is 1. The number of hydrogen-bond donors (Lipinski definition) is 1. The molecule has 0 unspecified atom stereocenters. The Labute approximate surface area is 122 Å². The van der Waals surface area contributed by atoms with Gasteiger partial charge in [-0.2, -0.15) is 0 Å². The fourth-order valence-corrected chi connectivity index (χ4v) is 1.71. The quantitative estimate of drug-likeness (QED) is 0.672. The lowest BCUT2D eigenvalue weighted by Crippen LogP contribution is -2.07. The van der Waals surface area contributed by atoms with Crippen molar-refractivity contribution >= 4 is 11.7 Å². The van der Waals surface area contributed by atoms with Gasteiger partial charge in [0.25, 0.3) is 0 Å². The van der Waals surface area contributed by atoms with Crippen LogP contribution in [0.4, 0.5) is 5.69 Å². The highest BCUT2D eigenvalue weighted by Gasteiger charge is 2.17. The van der Waals surface area contributed by atoms with Crippen molar-refractivity contribution in [3.8, 4) is 17.4 Å². The van der Waals surface area contributed by atoms with Gasteiger partial charge in [0.15, 0.2) is 11.5 Å². The zero-order valence-electron chi connectivity index (χ0n) is 11.8. The van der Waals surface area contributed by atoms with Gasteiger partial charge in [0, 0.05) is 18.0 Å². The number of ether oxygens (including phenoxy) is 3. The molecule has 0 atom stereocenters. The summed E-state index contributed by atoms with van der Waals surface area (Å²) in [5, 5.41) is 0. The minimum Gasteiger partial charge on any atom is -0.493 e. The second-order valence-corrected chi connectivity index (χ2v) is 4.09. The number of rotatable bonds is 5. The van der Waals surface area contributed by atoms with E-state index in [2.05, 4.69) is 4.98 Å². The molecule has 0 aliphatic heterocycles. The normalized spacial score (nSPS) is 10.0. The van der Waals surface area contributed by atoms with Gasteiger partial charge in [0.1, 0.15) is 5.56 Å². The molecule has 0 bridgehead atoms. The first-order chi connectivity index (χ1) is 10.2. The molecule has 0 aliphatic rings. The van der Waals surface area contributed by atoms with Crippen LogP contribution in [-0.4, -0.2) is 24.7 Å². The minimum atomic E-state index is -0.497. The Hall–Kier alpha value is -2.76. The van der Waals surface area contributed by atoms with E-state index >= 15 is 0 Å². The third-order valence-corrected chi connectivity index (χ3v) is 2.66. The van der Waals surface area contributed by atoms with E-state index in [-0.39, 0.29) is 18.1 Å². The number of hydrogen-bond acceptors (Lipinski definition) is 6. The van der Waals surface area contributed by atoms with Crippen LogP contribution in [0.25, 0.3) is 0 Å². The molecule has 6 heteroatoms. The first-order valence-electron chi connectivity index (χ1n) is 6.39. The van der Waals surface area contributed by atoms with Crippen molar-refractivity contribution in [3.63, 3.8) is 0 Å². The average molecular weight is 288 g/mol. The number of aromatic nitrogens is 1. The summed E-state index contributed by atoms with van der Waals surface area (Å²) in [5.74, 6) is 0.509. The fraction of sp³-hybridized carbons (Fsp3) is 0.200. The average Bonchev–Trinajstić information content (AvgIpc) is 2.48. The monoisotopic (exact) mass is 288 g/mol. The summed E-state index contributed by atoms with van der Waals surface area (Å²) in [6.07, 6.45) is 1.52. The number of carbonyl (C=O) groups is 1. The summed E-state index contributed by atoms with van der Waals surface area (Å²) in [5.41, 5.74) is 6.49. The maximum atomic E-state index is 11.9. The molecule has 6 nitrogen and oxygen atoms in total. The Morgan fingerprint density at radius 1 is 1.29 bits per heavy atom. The van der Waals surface area contributed by atoms with Crippen molar-refractivity contribution in [2.75, 3.05) is 19.5 Å². The van der Waals surface area contributed by atoms with Crippen LogP contribution in [0.15, 0.2) is 36.5 Å². The van der Waals surface area contributed by atoms with Crippen molar-refractivity contribution < 1.29 is 19.0 Å². The van der Waals surface area contributed by atoms with Crippen LogP contribution in [0.5, 0.6) is 17.4 Å². The largest absolute Gasteiger partial charge is 0.493 e. The Kier molecular flexibility index (Phi) is 4.61. The Balaban J connectivity index is 2.36. The summed E-state index contributed by atoms with van der Waals surface area (Å²) in [7, 11) is 1.52. The molecule has 110 valence electrons. The topological polar surface area (TPSA) is 83.7 Å². The zero-order valence-corrected chi connectivity index (χ0v) is 11.8. The van der Waals surface area contributed by atoms with Crippen LogP contribution in [0.1, 0.15) is 17.3 Å². The number of methoxy groups -OCH3 is 1. The van der Waals surface area contributed by atoms with E-state index in [4.69, 9.17) is 19.9 Å². The van der Waals surface area contributed by atoms with Gasteiger partial charge >= 0.3 is 5.97 Å². The van der Waals surface area contributed by atoms with Gasteiger partial charge in [0.05, 0.1) is 13.7 Å². The van der Waals surface area contributed by atoms with Gasteiger partial charge in [-0.1, -0.05) is 0 Å².